The molecule has 0 radical (unpaired) electrons. The molecule has 0 aliphatic carbocycles. The van der Waals surface area contributed by atoms with Crippen molar-refractivity contribution in [2.45, 2.75) is 45.6 Å². The number of nitrogens with zero attached hydrogens (tertiary/aromatic N) is 1. The number of amides is 1. The smallest absolute Gasteiger partial charge is 0.223 e. The van der Waals surface area contributed by atoms with Crippen molar-refractivity contribution in [2.75, 3.05) is 19.6 Å². The number of nitrogens with one attached hydrogen (secondary N) is 1. The van der Waals surface area contributed by atoms with Gasteiger partial charge in [-0.05, 0) is 52.6 Å². The molecular weight excluding hydrogens is 212 g/mol. The van der Waals surface area contributed by atoms with Crippen molar-refractivity contribution in [3.05, 3.63) is 12.7 Å². The maximum atomic E-state index is 12.3. The first kappa shape index (κ1) is 14.2. The van der Waals surface area contributed by atoms with E-state index in [2.05, 4.69) is 32.7 Å². The van der Waals surface area contributed by atoms with Crippen LogP contribution in [0.15, 0.2) is 12.7 Å². The molecule has 1 N–H and O–H groups in total. The summed E-state index contributed by atoms with van der Waals surface area (Å²) >= 11 is 0. The topological polar surface area (TPSA) is 32.3 Å². The van der Waals surface area contributed by atoms with E-state index >= 15 is 0 Å². The molecule has 1 unspecified atom stereocenters. The van der Waals surface area contributed by atoms with Gasteiger partial charge < -0.3 is 10.2 Å². The lowest BCUT2D eigenvalue weighted by Crippen LogP contribution is -2.47. The van der Waals surface area contributed by atoms with E-state index in [0.717, 1.165) is 13.1 Å². The Balaban J connectivity index is 2.55. The fourth-order valence-electron chi connectivity index (χ4n) is 2.33. The molecular formula is C14H26N2O. The molecule has 17 heavy (non-hydrogen) atoms. The Morgan fingerprint density at radius 1 is 1.53 bits per heavy atom. The zero-order chi connectivity index (χ0) is 12.9. The Bertz CT molecular complexity index is 262. The average Bonchev–Trinajstić information content (AvgIpc) is 2.25. The van der Waals surface area contributed by atoms with Crippen LogP contribution in [0, 0.1) is 5.92 Å². The summed E-state index contributed by atoms with van der Waals surface area (Å²) in [6, 6.07) is 0. The predicted molar refractivity (Wildman–Crippen MR) is 71.9 cm³/mol. The fourth-order valence-corrected chi connectivity index (χ4v) is 2.33. The van der Waals surface area contributed by atoms with Crippen molar-refractivity contribution in [1.29, 1.82) is 0 Å². The summed E-state index contributed by atoms with van der Waals surface area (Å²) in [6.45, 7) is 12.7. The summed E-state index contributed by atoms with van der Waals surface area (Å²) in [5.41, 5.74) is -0.118. The lowest BCUT2D eigenvalue weighted by Gasteiger charge is -2.36. The number of carbonyl (C=O) groups is 1. The highest BCUT2D eigenvalue weighted by Crippen LogP contribution is 2.20. The van der Waals surface area contributed by atoms with Gasteiger partial charge in [0.1, 0.15) is 0 Å². The van der Waals surface area contributed by atoms with E-state index in [0.29, 0.717) is 18.9 Å². The second-order valence-electron chi connectivity index (χ2n) is 5.88. The molecule has 0 spiro atoms. The molecule has 0 aromatic carbocycles. The second kappa shape index (κ2) is 6.20. The van der Waals surface area contributed by atoms with Crippen molar-refractivity contribution in [1.82, 2.24) is 10.2 Å². The third kappa shape index (κ3) is 4.50. The van der Waals surface area contributed by atoms with Crippen LogP contribution in [-0.2, 0) is 4.79 Å². The molecule has 3 nitrogen and oxygen atoms in total. The van der Waals surface area contributed by atoms with Crippen LogP contribution in [0.1, 0.15) is 40.0 Å². The zero-order valence-electron chi connectivity index (χ0n) is 11.5. The largest absolute Gasteiger partial charge is 0.334 e. The SMILES string of the molecule is C=CCN(C(=O)CC1CCCNC1)C(C)(C)C. The highest BCUT2D eigenvalue weighted by molar-refractivity contribution is 5.77. The van der Waals surface area contributed by atoms with Crippen LogP contribution in [0.25, 0.3) is 0 Å². The van der Waals surface area contributed by atoms with Crippen LogP contribution < -0.4 is 5.32 Å². The Kier molecular flexibility index (Phi) is 5.19. The molecule has 1 aliphatic rings. The number of hydrogen-bond donors (Lipinski definition) is 1. The first-order chi connectivity index (χ1) is 7.95. The minimum atomic E-state index is -0.118. The molecule has 1 aliphatic heterocycles. The molecule has 3 heteroatoms. The van der Waals surface area contributed by atoms with Crippen molar-refractivity contribution in [2.24, 2.45) is 5.92 Å². The standard InChI is InChI=1S/C14H26N2O/c1-5-9-16(14(2,3)4)13(17)10-12-7-6-8-15-11-12/h5,12,15H,1,6-11H2,2-4H3. The quantitative estimate of drug-likeness (QED) is 0.761. The fraction of sp³-hybridized carbons (Fsp3) is 0.786. The molecule has 1 atom stereocenters. The summed E-state index contributed by atoms with van der Waals surface area (Å²) < 4.78 is 0. The molecule has 1 saturated heterocycles. The minimum absolute atomic E-state index is 0.118. The first-order valence-electron chi connectivity index (χ1n) is 6.57. The van der Waals surface area contributed by atoms with E-state index in [1.54, 1.807) is 0 Å². The first-order valence-corrected chi connectivity index (χ1v) is 6.57. The van der Waals surface area contributed by atoms with Gasteiger partial charge >= 0.3 is 0 Å². The van der Waals surface area contributed by atoms with E-state index in [9.17, 15) is 4.79 Å². The van der Waals surface area contributed by atoms with Crippen molar-refractivity contribution in [3.63, 3.8) is 0 Å². The van der Waals surface area contributed by atoms with Crippen LogP contribution in [0.5, 0.6) is 0 Å². The normalized spacial score (nSPS) is 21.0. The lowest BCUT2D eigenvalue weighted by atomic mass is 9.94. The Hall–Kier alpha value is -0.830. The third-order valence-corrected chi connectivity index (χ3v) is 3.28. The van der Waals surface area contributed by atoms with Gasteiger partial charge in [0.05, 0.1) is 0 Å². The van der Waals surface area contributed by atoms with Gasteiger partial charge in [-0.1, -0.05) is 6.08 Å². The van der Waals surface area contributed by atoms with E-state index in [1.165, 1.54) is 12.8 Å². The molecule has 0 saturated carbocycles. The zero-order valence-corrected chi connectivity index (χ0v) is 11.5. The van der Waals surface area contributed by atoms with Gasteiger partial charge in [-0.25, -0.2) is 0 Å². The number of rotatable bonds is 4. The lowest BCUT2D eigenvalue weighted by molar-refractivity contribution is -0.136. The van der Waals surface area contributed by atoms with Gasteiger partial charge in [0, 0.05) is 18.5 Å². The maximum Gasteiger partial charge on any atom is 0.223 e. The van der Waals surface area contributed by atoms with E-state index in [4.69, 9.17) is 0 Å². The average molecular weight is 238 g/mol. The Morgan fingerprint density at radius 3 is 2.71 bits per heavy atom. The summed E-state index contributed by atoms with van der Waals surface area (Å²) in [6.07, 6.45) is 4.83. The third-order valence-electron chi connectivity index (χ3n) is 3.28. The van der Waals surface area contributed by atoms with Crippen LogP contribution >= 0.6 is 0 Å². The summed E-state index contributed by atoms with van der Waals surface area (Å²) in [5, 5.41) is 3.36. The van der Waals surface area contributed by atoms with Gasteiger partial charge in [0.25, 0.3) is 0 Å². The van der Waals surface area contributed by atoms with Gasteiger partial charge in [-0.3, -0.25) is 4.79 Å². The van der Waals surface area contributed by atoms with Gasteiger partial charge in [-0.15, -0.1) is 6.58 Å². The van der Waals surface area contributed by atoms with Crippen LogP contribution in [0.2, 0.25) is 0 Å². The van der Waals surface area contributed by atoms with Crippen LogP contribution in [0.3, 0.4) is 0 Å². The predicted octanol–water partition coefficient (Wildman–Crippen LogP) is 2.19. The second-order valence-corrected chi connectivity index (χ2v) is 5.88. The summed E-state index contributed by atoms with van der Waals surface area (Å²) in [7, 11) is 0. The van der Waals surface area contributed by atoms with Crippen molar-refractivity contribution >= 4 is 5.91 Å². The van der Waals surface area contributed by atoms with Gasteiger partial charge in [-0.2, -0.15) is 0 Å². The van der Waals surface area contributed by atoms with Crippen molar-refractivity contribution in [3.8, 4) is 0 Å². The molecule has 0 aromatic heterocycles. The van der Waals surface area contributed by atoms with Crippen LogP contribution in [-0.4, -0.2) is 36.0 Å². The number of piperidine rings is 1. The number of carbonyl (C=O) groups excluding carboxylic acids is 1. The van der Waals surface area contributed by atoms with Gasteiger partial charge in [0.2, 0.25) is 5.91 Å². The van der Waals surface area contributed by atoms with E-state index < -0.39 is 0 Å². The van der Waals surface area contributed by atoms with Crippen LogP contribution in [0.4, 0.5) is 0 Å². The highest BCUT2D eigenvalue weighted by Gasteiger charge is 2.27. The summed E-state index contributed by atoms with van der Waals surface area (Å²) in [4.78, 5) is 14.2. The Morgan fingerprint density at radius 2 is 2.24 bits per heavy atom. The molecule has 1 heterocycles. The van der Waals surface area contributed by atoms with E-state index in [-0.39, 0.29) is 11.4 Å². The minimum Gasteiger partial charge on any atom is -0.334 e. The molecule has 0 bridgehead atoms. The number of hydrogen-bond acceptors (Lipinski definition) is 2. The Labute approximate surface area is 105 Å². The molecule has 1 amide bonds. The highest BCUT2D eigenvalue weighted by atomic mass is 16.2. The van der Waals surface area contributed by atoms with E-state index in [1.807, 2.05) is 11.0 Å². The summed E-state index contributed by atoms with van der Waals surface area (Å²) in [5.74, 6) is 0.761. The molecule has 1 rings (SSSR count). The maximum absolute atomic E-state index is 12.3. The van der Waals surface area contributed by atoms with Crippen molar-refractivity contribution < 1.29 is 4.79 Å². The van der Waals surface area contributed by atoms with Gasteiger partial charge in [0.15, 0.2) is 0 Å². The molecule has 1 fully saturated rings. The molecule has 98 valence electrons. The monoisotopic (exact) mass is 238 g/mol. The molecule has 0 aromatic rings.